The standard InChI is InChI=1S/C12H14N4O/c1-8-5-10(16(2)15-8)6-12(17)11-4-3-9(13)7-14-11/h3-5,7H,6,13H2,1-2H3. The maximum absolute atomic E-state index is 11.9. The maximum atomic E-state index is 11.9. The summed E-state index contributed by atoms with van der Waals surface area (Å²) in [4.78, 5) is 15.9. The number of hydrogen-bond donors (Lipinski definition) is 1. The smallest absolute Gasteiger partial charge is 0.187 e. The molecule has 0 fully saturated rings. The predicted molar refractivity (Wildman–Crippen MR) is 64.6 cm³/mol. The summed E-state index contributed by atoms with van der Waals surface area (Å²) < 4.78 is 1.71. The van der Waals surface area contributed by atoms with E-state index in [0.29, 0.717) is 17.8 Å². The maximum Gasteiger partial charge on any atom is 0.187 e. The number of anilines is 1. The highest BCUT2D eigenvalue weighted by molar-refractivity contribution is 5.95. The predicted octanol–water partition coefficient (Wildman–Crippen LogP) is 1.13. The minimum Gasteiger partial charge on any atom is -0.397 e. The molecule has 2 rings (SSSR count). The molecule has 0 bridgehead atoms. The molecule has 2 aromatic heterocycles. The molecule has 2 heterocycles. The Balaban J connectivity index is 2.17. The lowest BCUT2D eigenvalue weighted by atomic mass is 10.1. The summed E-state index contributed by atoms with van der Waals surface area (Å²) in [5, 5.41) is 4.20. The number of nitrogens with zero attached hydrogens (tertiary/aromatic N) is 3. The molecule has 0 amide bonds. The summed E-state index contributed by atoms with van der Waals surface area (Å²) in [5.74, 6) is -0.0343. The molecule has 0 aliphatic heterocycles. The Bertz CT molecular complexity index is 542. The van der Waals surface area contributed by atoms with Crippen molar-refractivity contribution in [1.82, 2.24) is 14.8 Å². The van der Waals surface area contributed by atoms with Crippen molar-refractivity contribution in [3.63, 3.8) is 0 Å². The Morgan fingerprint density at radius 2 is 2.24 bits per heavy atom. The van der Waals surface area contributed by atoms with Gasteiger partial charge in [0.2, 0.25) is 0 Å². The molecule has 0 saturated carbocycles. The monoisotopic (exact) mass is 230 g/mol. The Labute approximate surface area is 99.3 Å². The first kappa shape index (κ1) is 11.3. The topological polar surface area (TPSA) is 73.8 Å². The quantitative estimate of drug-likeness (QED) is 0.802. The number of Topliss-reactive ketones (excluding diaryl/α,β-unsaturated/α-hetero) is 1. The van der Waals surface area contributed by atoms with E-state index < -0.39 is 0 Å². The SMILES string of the molecule is Cc1cc(CC(=O)c2ccc(N)cn2)n(C)n1. The van der Waals surface area contributed by atoms with Crippen LogP contribution < -0.4 is 5.73 Å². The van der Waals surface area contributed by atoms with Gasteiger partial charge in [0, 0.05) is 12.7 Å². The average molecular weight is 230 g/mol. The van der Waals surface area contributed by atoms with Crippen molar-refractivity contribution in [1.29, 1.82) is 0 Å². The third-order valence-corrected chi connectivity index (χ3v) is 2.51. The molecule has 88 valence electrons. The van der Waals surface area contributed by atoms with Crippen LogP contribution in [0, 0.1) is 6.92 Å². The van der Waals surface area contributed by atoms with Gasteiger partial charge < -0.3 is 5.73 Å². The number of hydrogen-bond acceptors (Lipinski definition) is 4. The van der Waals surface area contributed by atoms with Crippen LogP contribution in [0.25, 0.3) is 0 Å². The van der Waals surface area contributed by atoms with Crippen LogP contribution in [0.15, 0.2) is 24.4 Å². The zero-order valence-electron chi connectivity index (χ0n) is 9.84. The molecule has 0 aliphatic carbocycles. The molecule has 0 radical (unpaired) electrons. The van der Waals surface area contributed by atoms with E-state index in [-0.39, 0.29) is 5.78 Å². The second-order valence-corrected chi connectivity index (χ2v) is 3.98. The molecule has 0 aliphatic rings. The number of rotatable bonds is 3. The molecule has 5 heteroatoms. The van der Waals surface area contributed by atoms with Crippen LogP contribution >= 0.6 is 0 Å². The highest BCUT2D eigenvalue weighted by Crippen LogP contribution is 2.08. The van der Waals surface area contributed by atoms with Crippen molar-refractivity contribution in [2.75, 3.05) is 5.73 Å². The van der Waals surface area contributed by atoms with Gasteiger partial charge in [0.25, 0.3) is 0 Å². The van der Waals surface area contributed by atoms with Crippen LogP contribution in [0.2, 0.25) is 0 Å². The van der Waals surface area contributed by atoms with Crippen LogP contribution in [-0.4, -0.2) is 20.5 Å². The van der Waals surface area contributed by atoms with E-state index >= 15 is 0 Å². The fourth-order valence-electron chi connectivity index (χ4n) is 1.65. The van der Waals surface area contributed by atoms with Crippen LogP contribution in [0.4, 0.5) is 5.69 Å². The van der Waals surface area contributed by atoms with Gasteiger partial charge in [-0.05, 0) is 25.1 Å². The summed E-state index contributed by atoms with van der Waals surface area (Å²) in [6.45, 7) is 1.90. The van der Waals surface area contributed by atoms with E-state index in [1.807, 2.05) is 20.0 Å². The molecule has 0 spiro atoms. The summed E-state index contributed by atoms with van der Waals surface area (Å²) >= 11 is 0. The fourth-order valence-corrected chi connectivity index (χ4v) is 1.65. The first-order valence-corrected chi connectivity index (χ1v) is 5.30. The van der Waals surface area contributed by atoms with E-state index in [2.05, 4.69) is 10.1 Å². The average Bonchev–Trinajstić information content (AvgIpc) is 2.58. The fraction of sp³-hybridized carbons (Fsp3) is 0.250. The summed E-state index contributed by atoms with van der Waals surface area (Å²) in [5.41, 5.74) is 8.29. The molecule has 0 atom stereocenters. The van der Waals surface area contributed by atoms with Crippen LogP contribution in [-0.2, 0) is 13.5 Å². The van der Waals surface area contributed by atoms with Gasteiger partial charge in [-0.3, -0.25) is 14.5 Å². The lowest BCUT2D eigenvalue weighted by Gasteiger charge is -2.01. The van der Waals surface area contributed by atoms with Crippen molar-refractivity contribution >= 4 is 11.5 Å². The second-order valence-electron chi connectivity index (χ2n) is 3.98. The van der Waals surface area contributed by atoms with Gasteiger partial charge in [-0.1, -0.05) is 0 Å². The highest BCUT2D eigenvalue weighted by atomic mass is 16.1. The van der Waals surface area contributed by atoms with Gasteiger partial charge in [0.15, 0.2) is 5.78 Å². The van der Waals surface area contributed by atoms with Crippen molar-refractivity contribution < 1.29 is 4.79 Å². The van der Waals surface area contributed by atoms with Crippen LogP contribution in [0.3, 0.4) is 0 Å². The highest BCUT2D eigenvalue weighted by Gasteiger charge is 2.11. The van der Waals surface area contributed by atoms with Gasteiger partial charge in [0.1, 0.15) is 5.69 Å². The number of carbonyl (C=O) groups is 1. The first-order chi connectivity index (χ1) is 8.06. The number of pyridine rings is 1. The Kier molecular flexibility index (Phi) is 2.91. The van der Waals surface area contributed by atoms with Crippen LogP contribution in [0.5, 0.6) is 0 Å². The number of nitrogens with two attached hydrogens (primary N) is 1. The minimum atomic E-state index is -0.0343. The molecule has 2 aromatic rings. The van der Waals surface area contributed by atoms with Crippen molar-refractivity contribution in [2.45, 2.75) is 13.3 Å². The number of aryl methyl sites for hydroxylation is 2. The van der Waals surface area contributed by atoms with Crippen molar-refractivity contribution in [3.05, 3.63) is 41.5 Å². The molecule has 17 heavy (non-hydrogen) atoms. The number of aromatic nitrogens is 3. The first-order valence-electron chi connectivity index (χ1n) is 5.30. The lowest BCUT2D eigenvalue weighted by Crippen LogP contribution is -2.09. The van der Waals surface area contributed by atoms with Crippen molar-refractivity contribution in [3.8, 4) is 0 Å². The lowest BCUT2D eigenvalue weighted by molar-refractivity contribution is 0.0986. The number of ketones is 1. The van der Waals surface area contributed by atoms with E-state index in [4.69, 9.17) is 5.73 Å². The van der Waals surface area contributed by atoms with Crippen molar-refractivity contribution in [2.24, 2.45) is 7.05 Å². The zero-order valence-corrected chi connectivity index (χ0v) is 9.84. The van der Waals surface area contributed by atoms with E-state index in [9.17, 15) is 4.79 Å². The molecule has 5 nitrogen and oxygen atoms in total. The van der Waals surface area contributed by atoms with E-state index in [1.54, 1.807) is 16.8 Å². The summed E-state index contributed by atoms with van der Waals surface area (Å²) in [7, 11) is 1.83. The summed E-state index contributed by atoms with van der Waals surface area (Å²) in [6, 6.07) is 5.21. The minimum absolute atomic E-state index is 0.0343. The zero-order chi connectivity index (χ0) is 12.4. The Hall–Kier alpha value is -2.17. The molecule has 2 N–H and O–H groups in total. The van der Waals surface area contributed by atoms with Gasteiger partial charge in [-0.25, -0.2) is 0 Å². The Morgan fingerprint density at radius 1 is 1.47 bits per heavy atom. The number of nitrogen functional groups attached to an aromatic ring is 1. The van der Waals surface area contributed by atoms with Crippen LogP contribution in [0.1, 0.15) is 21.9 Å². The van der Waals surface area contributed by atoms with Gasteiger partial charge in [0.05, 0.1) is 24.0 Å². The third-order valence-electron chi connectivity index (χ3n) is 2.51. The third kappa shape index (κ3) is 2.50. The normalized spacial score (nSPS) is 10.5. The van der Waals surface area contributed by atoms with E-state index in [1.165, 1.54) is 6.20 Å². The Morgan fingerprint density at radius 3 is 2.76 bits per heavy atom. The molecular formula is C12H14N4O. The second kappa shape index (κ2) is 4.37. The van der Waals surface area contributed by atoms with Gasteiger partial charge in [-0.15, -0.1) is 0 Å². The van der Waals surface area contributed by atoms with E-state index in [0.717, 1.165) is 11.4 Å². The largest absolute Gasteiger partial charge is 0.397 e. The number of carbonyl (C=O) groups excluding carboxylic acids is 1. The molecule has 0 saturated heterocycles. The van der Waals surface area contributed by atoms with Gasteiger partial charge in [-0.2, -0.15) is 5.10 Å². The molecular weight excluding hydrogens is 216 g/mol. The molecule has 0 aromatic carbocycles. The van der Waals surface area contributed by atoms with Gasteiger partial charge >= 0.3 is 0 Å². The summed E-state index contributed by atoms with van der Waals surface area (Å²) in [6.07, 6.45) is 1.79. The molecule has 0 unspecified atom stereocenters.